The number of aryl methyl sites for hydroxylation is 2. The van der Waals surface area contributed by atoms with Crippen molar-refractivity contribution in [3.8, 4) is 0 Å². The van der Waals surface area contributed by atoms with Crippen LogP contribution in [0.4, 0.5) is 5.69 Å². The van der Waals surface area contributed by atoms with Gasteiger partial charge in [0.2, 0.25) is 5.91 Å². The molecule has 1 aromatic heterocycles. The van der Waals surface area contributed by atoms with Crippen LogP contribution in [0.3, 0.4) is 0 Å². The van der Waals surface area contributed by atoms with Crippen molar-refractivity contribution >= 4 is 45.2 Å². The average Bonchev–Trinajstić information content (AvgIpc) is 3.06. The number of benzene rings is 2. The van der Waals surface area contributed by atoms with E-state index in [9.17, 15) is 9.59 Å². The number of nitrogens with zero attached hydrogens (tertiary/aromatic N) is 3. The fourth-order valence-corrected chi connectivity index (χ4v) is 3.99. The first kappa shape index (κ1) is 22.0. The van der Waals surface area contributed by atoms with Crippen LogP contribution in [0.25, 0.3) is 0 Å². The molecule has 3 aromatic rings. The van der Waals surface area contributed by atoms with Gasteiger partial charge in [0, 0.05) is 17.2 Å². The number of rotatable bonds is 7. The highest BCUT2D eigenvalue weighted by molar-refractivity contribution is 9.10. The molecule has 0 atom stereocenters. The first-order chi connectivity index (χ1) is 14.3. The van der Waals surface area contributed by atoms with Crippen LogP contribution < -0.4 is 10.6 Å². The van der Waals surface area contributed by atoms with Gasteiger partial charge in [-0.3, -0.25) is 9.59 Å². The van der Waals surface area contributed by atoms with E-state index in [-0.39, 0.29) is 24.1 Å². The topological polar surface area (TPSA) is 88.9 Å². The summed E-state index contributed by atoms with van der Waals surface area (Å²) in [6.45, 7) is 4.22. The Balaban J connectivity index is 1.54. The normalized spacial score (nSPS) is 10.7. The minimum Gasteiger partial charge on any atom is -0.345 e. The highest BCUT2D eigenvalue weighted by atomic mass is 79.9. The molecule has 2 N–H and O–H groups in total. The minimum atomic E-state index is -0.201. The first-order valence-corrected chi connectivity index (χ1v) is 11.0. The molecule has 30 heavy (non-hydrogen) atoms. The molecule has 156 valence electrons. The van der Waals surface area contributed by atoms with Crippen molar-refractivity contribution in [1.29, 1.82) is 0 Å². The van der Waals surface area contributed by atoms with Crippen LogP contribution in [0.1, 0.15) is 27.3 Å². The molecular formula is C21H22BrN5O2S. The number of carbonyl (C=O) groups excluding carboxylic acids is 2. The van der Waals surface area contributed by atoms with E-state index in [1.165, 1.54) is 11.8 Å². The Bertz CT molecular complexity index is 1080. The van der Waals surface area contributed by atoms with Crippen molar-refractivity contribution in [3.63, 3.8) is 0 Å². The van der Waals surface area contributed by atoms with Crippen molar-refractivity contribution in [3.05, 3.63) is 69.5 Å². The van der Waals surface area contributed by atoms with Gasteiger partial charge in [-0.25, -0.2) is 0 Å². The van der Waals surface area contributed by atoms with Crippen LogP contribution in [0, 0.1) is 13.8 Å². The summed E-state index contributed by atoms with van der Waals surface area (Å²) >= 11 is 4.67. The van der Waals surface area contributed by atoms with Gasteiger partial charge in [0.1, 0.15) is 0 Å². The van der Waals surface area contributed by atoms with Gasteiger partial charge in [0.05, 0.1) is 17.9 Å². The lowest BCUT2D eigenvalue weighted by Crippen LogP contribution is -2.24. The third kappa shape index (κ3) is 5.48. The summed E-state index contributed by atoms with van der Waals surface area (Å²) in [5.41, 5.74) is 3.53. The molecule has 0 aliphatic rings. The molecule has 0 saturated heterocycles. The van der Waals surface area contributed by atoms with E-state index in [0.717, 1.165) is 21.3 Å². The maximum Gasteiger partial charge on any atom is 0.252 e. The Labute approximate surface area is 187 Å². The van der Waals surface area contributed by atoms with Crippen LogP contribution in [0.2, 0.25) is 0 Å². The van der Waals surface area contributed by atoms with Crippen LogP contribution in [0.15, 0.2) is 52.1 Å². The Kier molecular flexibility index (Phi) is 7.28. The summed E-state index contributed by atoms with van der Waals surface area (Å²) in [6.07, 6.45) is 0. The lowest BCUT2D eigenvalue weighted by Gasteiger charge is -2.09. The van der Waals surface area contributed by atoms with Gasteiger partial charge < -0.3 is 15.2 Å². The highest BCUT2D eigenvalue weighted by Gasteiger charge is 2.14. The van der Waals surface area contributed by atoms with Crippen LogP contribution >= 0.6 is 27.7 Å². The molecule has 3 rings (SSSR count). The SMILES string of the molecule is Cc1ccc(NC(=O)CSc2nnc(CNC(=O)c3ccccc3Br)n2C)c(C)c1. The largest absolute Gasteiger partial charge is 0.345 e. The summed E-state index contributed by atoms with van der Waals surface area (Å²) in [4.78, 5) is 24.6. The Morgan fingerprint density at radius 3 is 2.63 bits per heavy atom. The zero-order valence-electron chi connectivity index (χ0n) is 16.9. The molecule has 0 fully saturated rings. The van der Waals surface area contributed by atoms with Crippen molar-refractivity contribution in [2.75, 3.05) is 11.1 Å². The fourth-order valence-electron chi connectivity index (χ4n) is 2.79. The van der Waals surface area contributed by atoms with Crippen molar-refractivity contribution in [2.24, 2.45) is 7.05 Å². The summed E-state index contributed by atoms with van der Waals surface area (Å²) in [5.74, 6) is 0.502. The van der Waals surface area contributed by atoms with Gasteiger partial charge in [-0.2, -0.15) is 0 Å². The van der Waals surface area contributed by atoms with E-state index in [0.29, 0.717) is 16.5 Å². The lowest BCUT2D eigenvalue weighted by atomic mass is 10.1. The molecule has 0 spiro atoms. The lowest BCUT2D eigenvalue weighted by molar-refractivity contribution is -0.113. The third-order valence-electron chi connectivity index (χ3n) is 4.44. The van der Waals surface area contributed by atoms with Crippen LogP contribution in [-0.4, -0.2) is 32.3 Å². The van der Waals surface area contributed by atoms with E-state index in [1.54, 1.807) is 16.7 Å². The molecule has 0 unspecified atom stereocenters. The second kappa shape index (κ2) is 9.90. The number of halogens is 1. The molecule has 0 saturated carbocycles. The Hall–Kier alpha value is -2.65. The number of hydrogen-bond acceptors (Lipinski definition) is 5. The molecule has 0 aliphatic heterocycles. The average molecular weight is 488 g/mol. The number of carbonyl (C=O) groups is 2. The Morgan fingerprint density at radius 1 is 1.13 bits per heavy atom. The second-order valence-corrected chi connectivity index (χ2v) is 8.57. The van der Waals surface area contributed by atoms with Gasteiger partial charge in [-0.15, -0.1) is 10.2 Å². The van der Waals surface area contributed by atoms with Crippen molar-refractivity contribution in [1.82, 2.24) is 20.1 Å². The molecule has 0 radical (unpaired) electrons. The van der Waals surface area contributed by atoms with Crippen LogP contribution in [-0.2, 0) is 18.4 Å². The van der Waals surface area contributed by atoms with Crippen molar-refractivity contribution in [2.45, 2.75) is 25.5 Å². The number of amides is 2. The zero-order chi connectivity index (χ0) is 21.7. The number of anilines is 1. The van der Waals surface area contributed by atoms with Crippen molar-refractivity contribution < 1.29 is 9.59 Å². The molecular weight excluding hydrogens is 466 g/mol. The number of nitrogens with one attached hydrogen (secondary N) is 2. The standard InChI is InChI=1S/C21H22BrN5O2S/c1-13-8-9-17(14(2)10-13)24-19(28)12-30-21-26-25-18(27(21)3)11-23-20(29)15-6-4-5-7-16(15)22/h4-10H,11-12H2,1-3H3,(H,23,29)(H,24,28). The van der Waals surface area contributed by atoms with E-state index in [4.69, 9.17) is 0 Å². The first-order valence-electron chi connectivity index (χ1n) is 9.26. The summed E-state index contributed by atoms with van der Waals surface area (Å²) < 4.78 is 2.50. The molecule has 2 amide bonds. The minimum absolute atomic E-state index is 0.112. The number of thioether (sulfide) groups is 1. The van der Waals surface area contributed by atoms with Gasteiger partial charge in [0.25, 0.3) is 5.91 Å². The monoisotopic (exact) mass is 487 g/mol. The van der Waals surface area contributed by atoms with Gasteiger partial charge in [0.15, 0.2) is 11.0 Å². The van der Waals surface area contributed by atoms with Gasteiger partial charge in [-0.1, -0.05) is 41.6 Å². The van der Waals surface area contributed by atoms with E-state index < -0.39 is 0 Å². The maximum atomic E-state index is 12.3. The van der Waals surface area contributed by atoms with E-state index >= 15 is 0 Å². The number of hydrogen-bond donors (Lipinski definition) is 2. The second-order valence-electron chi connectivity index (χ2n) is 6.78. The number of aromatic nitrogens is 3. The predicted molar refractivity (Wildman–Crippen MR) is 122 cm³/mol. The summed E-state index contributed by atoms with van der Waals surface area (Å²) in [7, 11) is 1.81. The third-order valence-corrected chi connectivity index (χ3v) is 6.15. The molecule has 9 heteroatoms. The molecule has 1 heterocycles. The molecule has 2 aromatic carbocycles. The van der Waals surface area contributed by atoms with Gasteiger partial charge >= 0.3 is 0 Å². The summed E-state index contributed by atoms with van der Waals surface area (Å²) in [6, 6.07) is 13.1. The Morgan fingerprint density at radius 2 is 1.90 bits per heavy atom. The molecule has 7 nitrogen and oxygen atoms in total. The van der Waals surface area contributed by atoms with E-state index in [1.807, 2.05) is 51.2 Å². The zero-order valence-corrected chi connectivity index (χ0v) is 19.3. The quantitative estimate of drug-likeness (QED) is 0.494. The van der Waals surface area contributed by atoms with Gasteiger partial charge in [-0.05, 0) is 53.5 Å². The highest BCUT2D eigenvalue weighted by Crippen LogP contribution is 2.19. The summed E-state index contributed by atoms with van der Waals surface area (Å²) in [5, 5.41) is 14.6. The fraction of sp³-hybridized carbons (Fsp3) is 0.238. The predicted octanol–water partition coefficient (Wildman–Crippen LogP) is 3.86. The van der Waals surface area contributed by atoms with Crippen LogP contribution in [0.5, 0.6) is 0 Å². The molecule has 0 aliphatic carbocycles. The molecule has 0 bridgehead atoms. The smallest absolute Gasteiger partial charge is 0.252 e. The van der Waals surface area contributed by atoms with E-state index in [2.05, 4.69) is 36.8 Å². The maximum absolute atomic E-state index is 12.3.